The third kappa shape index (κ3) is 2.76. The van der Waals surface area contributed by atoms with Crippen molar-refractivity contribution in [3.8, 4) is 0 Å². The van der Waals surface area contributed by atoms with Crippen LogP contribution in [0.2, 0.25) is 0 Å². The van der Waals surface area contributed by atoms with Crippen LogP contribution in [0.1, 0.15) is 22.4 Å². The highest BCUT2D eigenvalue weighted by molar-refractivity contribution is 7.16. The maximum absolute atomic E-state index is 11.8. The van der Waals surface area contributed by atoms with Crippen molar-refractivity contribution in [2.45, 2.75) is 13.8 Å². The highest BCUT2D eigenvalue weighted by Crippen LogP contribution is 2.29. The summed E-state index contributed by atoms with van der Waals surface area (Å²) >= 11 is 1.53. The average molecular weight is 256 g/mol. The van der Waals surface area contributed by atoms with Crippen LogP contribution in [0.3, 0.4) is 0 Å². The van der Waals surface area contributed by atoms with E-state index in [0.717, 1.165) is 23.1 Å². The summed E-state index contributed by atoms with van der Waals surface area (Å²) < 4.78 is 10.3. The van der Waals surface area contributed by atoms with Gasteiger partial charge in [0.1, 0.15) is 5.00 Å². The van der Waals surface area contributed by atoms with Crippen molar-refractivity contribution < 1.29 is 14.3 Å². The molecule has 0 radical (unpaired) electrons. The number of anilines is 1. The third-order valence-corrected chi connectivity index (χ3v) is 3.51. The minimum absolute atomic E-state index is 0.335. The van der Waals surface area contributed by atoms with Crippen LogP contribution in [-0.4, -0.2) is 43.9 Å². The van der Waals surface area contributed by atoms with Gasteiger partial charge in [-0.25, -0.2) is 9.78 Å². The number of aromatic nitrogens is 1. The predicted molar refractivity (Wildman–Crippen MR) is 65.8 cm³/mol. The molecule has 0 aliphatic carbocycles. The van der Waals surface area contributed by atoms with Crippen LogP contribution in [-0.2, 0) is 9.47 Å². The Morgan fingerprint density at radius 3 is 2.88 bits per heavy atom. The summed E-state index contributed by atoms with van der Waals surface area (Å²) in [6.07, 6.45) is 0. The van der Waals surface area contributed by atoms with Crippen molar-refractivity contribution in [1.29, 1.82) is 0 Å². The SMILES string of the molecule is CCOC(=O)c1nc(C)sc1N1CCOCC1. The van der Waals surface area contributed by atoms with Gasteiger partial charge in [-0.15, -0.1) is 11.3 Å². The molecular weight excluding hydrogens is 240 g/mol. The summed E-state index contributed by atoms with van der Waals surface area (Å²) in [6.45, 7) is 7.06. The van der Waals surface area contributed by atoms with Gasteiger partial charge >= 0.3 is 5.97 Å². The van der Waals surface area contributed by atoms with Gasteiger partial charge in [0.05, 0.1) is 24.8 Å². The molecule has 1 aromatic rings. The van der Waals surface area contributed by atoms with Gasteiger partial charge in [-0.05, 0) is 13.8 Å². The first-order chi connectivity index (χ1) is 8.22. The van der Waals surface area contributed by atoms with Crippen molar-refractivity contribution in [1.82, 2.24) is 4.98 Å². The van der Waals surface area contributed by atoms with Gasteiger partial charge in [-0.1, -0.05) is 0 Å². The number of esters is 1. The van der Waals surface area contributed by atoms with E-state index >= 15 is 0 Å². The van der Waals surface area contributed by atoms with Crippen molar-refractivity contribution in [3.63, 3.8) is 0 Å². The zero-order valence-corrected chi connectivity index (χ0v) is 10.9. The Bertz CT molecular complexity index is 399. The normalized spacial score (nSPS) is 16.0. The number of carbonyl (C=O) groups excluding carboxylic acids is 1. The molecule has 0 aromatic carbocycles. The molecule has 0 atom stereocenters. The molecule has 1 aromatic heterocycles. The van der Waals surface area contributed by atoms with Crippen LogP contribution >= 0.6 is 11.3 Å². The molecule has 6 heteroatoms. The molecule has 17 heavy (non-hydrogen) atoms. The lowest BCUT2D eigenvalue weighted by molar-refractivity contribution is 0.0520. The molecule has 1 fully saturated rings. The monoisotopic (exact) mass is 256 g/mol. The Hall–Kier alpha value is -1.14. The average Bonchev–Trinajstić information content (AvgIpc) is 2.73. The summed E-state index contributed by atoms with van der Waals surface area (Å²) in [5.74, 6) is -0.335. The summed E-state index contributed by atoms with van der Waals surface area (Å²) in [5, 5.41) is 1.79. The van der Waals surface area contributed by atoms with Gasteiger partial charge in [0.15, 0.2) is 5.69 Å². The Morgan fingerprint density at radius 1 is 1.53 bits per heavy atom. The summed E-state index contributed by atoms with van der Waals surface area (Å²) in [6, 6.07) is 0. The van der Waals surface area contributed by atoms with E-state index in [1.807, 2.05) is 6.92 Å². The predicted octanol–water partition coefficient (Wildman–Crippen LogP) is 1.46. The molecule has 5 nitrogen and oxygen atoms in total. The second kappa shape index (κ2) is 5.46. The van der Waals surface area contributed by atoms with E-state index in [1.165, 1.54) is 11.3 Å². The number of carbonyl (C=O) groups is 1. The Morgan fingerprint density at radius 2 is 2.24 bits per heavy atom. The number of hydrogen-bond donors (Lipinski definition) is 0. The molecule has 2 rings (SSSR count). The molecule has 1 saturated heterocycles. The molecule has 1 aliphatic heterocycles. The maximum atomic E-state index is 11.8. The smallest absolute Gasteiger partial charge is 0.360 e. The number of hydrogen-bond acceptors (Lipinski definition) is 6. The second-order valence-electron chi connectivity index (χ2n) is 3.71. The standard InChI is InChI=1S/C11H16N2O3S/c1-3-16-11(14)9-10(17-8(2)12-9)13-4-6-15-7-5-13/h3-7H2,1-2H3. The number of nitrogens with zero attached hydrogens (tertiary/aromatic N) is 2. The zero-order chi connectivity index (χ0) is 12.3. The van der Waals surface area contributed by atoms with E-state index in [-0.39, 0.29) is 5.97 Å². The van der Waals surface area contributed by atoms with Gasteiger partial charge in [-0.3, -0.25) is 0 Å². The van der Waals surface area contributed by atoms with Gasteiger partial charge in [0.2, 0.25) is 0 Å². The lowest BCUT2D eigenvalue weighted by Crippen LogP contribution is -2.36. The molecule has 0 bridgehead atoms. The van der Waals surface area contributed by atoms with Gasteiger partial charge in [-0.2, -0.15) is 0 Å². The van der Waals surface area contributed by atoms with Crippen molar-refractivity contribution in [2.24, 2.45) is 0 Å². The fraction of sp³-hybridized carbons (Fsp3) is 0.636. The lowest BCUT2D eigenvalue weighted by atomic mass is 10.4. The highest BCUT2D eigenvalue weighted by Gasteiger charge is 2.23. The molecule has 0 unspecified atom stereocenters. The fourth-order valence-corrected chi connectivity index (χ4v) is 2.68. The molecule has 0 N–H and O–H groups in total. The molecule has 94 valence electrons. The van der Waals surface area contributed by atoms with Crippen LogP contribution < -0.4 is 4.90 Å². The molecule has 0 saturated carbocycles. The third-order valence-electron chi connectivity index (χ3n) is 2.48. The molecule has 0 spiro atoms. The topological polar surface area (TPSA) is 51.7 Å². The van der Waals surface area contributed by atoms with Crippen LogP contribution in [0.4, 0.5) is 5.00 Å². The summed E-state index contributed by atoms with van der Waals surface area (Å²) in [7, 11) is 0. The number of rotatable bonds is 3. The number of aryl methyl sites for hydroxylation is 1. The Labute approximate surface area is 104 Å². The van der Waals surface area contributed by atoms with E-state index in [4.69, 9.17) is 9.47 Å². The molecule has 2 heterocycles. The van der Waals surface area contributed by atoms with Crippen molar-refractivity contribution in [2.75, 3.05) is 37.8 Å². The van der Waals surface area contributed by atoms with E-state index in [0.29, 0.717) is 25.5 Å². The van der Waals surface area contributed by atoms with Gasteiger partial charge in [0.25, 0.3) is 0 Å². The van der Waals surface area contributed by atoms with E-state index in [9.17, 15) is 4.79 Å². The molecule has 1 aliphatic rings. The Balaban J connectivity index is 2.22. The highest BCUT2D eigenvalue weighted by atomic mass is 32.1. The quantitative estimate of drug-likeness (QED) is 0.766. The van der Waals surface area contributed by atoms with Crippen LogP contribution in [0.25, 0.3) is 0 Å². The summed E-state index contributed by atoms with van der Waals surface area (Å²) in [5.41, 5.74) is 0.441. The number of morpholine rings is 1. The number of thiazole rings is 1. The zero-order valence-electron chi connectivity index (χ0n) is 10.1. The van der Waals surface area contributed by atoms with Crippen molar-refractivity contribution in [3.05, 3.63) is 10.7 Å². The minimum Gasteiger partial charge on any atom is -0.461 e. The molecular formula is C11H16N2O3S. The molecule has 0 amide bonds. The minimum atomic E-state index is -0.335. The van der Waals surface area contributed by atoms with Gasteiger partial charge < -0.3 is 14.4 Å². The lowest BCUT2D eigenvalue weighted by Gasteiger charge is -2.27. The first-order valence-corrected chi connectivity index (χ1v) is 6.51. The van der Waals surface area contributed by atoms with E-state index < -0.39 is 0 Å². The van der Waals surface area contributed by atoms with E-state index in [2.05, 4.69) is 9.88 Å². The maximum Gasteiger partial charge on any atom is 0.360 e. The van der Waals surface area contributed by atoms with Gasteiger partial charge in [0, 0.05) is 13.1 Å². The van der Waals surface area contributed by atoms with Crippen LogP contribution in [0.15, 0.2) is 0 Å². The van der Waals surface area contributed by atoms with Crippen LogP contribution in [0, 0.1) is 6.92 Å². The van der Waals surface area contributed by atoms with Crippen molar-refractivity contribution >= 4 is 22.3 Å². The summed E-state index contributed by atoms with van der Waals surface area (Å²) in [4.78, 5) is 18.2. The first-order valence-electron chi connectivity index (χ1n) is 5.69. The largest absolute Gasteiger partial charge is 0.461 e. The van der Waals surface area contributed by atoms with E-state index in [1.54, 1.807) is 6.92 Å². The Kier molecular flexibility index (Phi) is 3.96. The number of ether oxygens (including phenoxy) is 2. The second-order valence-corrected chi connectivity index (χ2v) is 4.89. The first kappa shape index (κ1) is 12.3. The van der Waals surface area contributed by atoms with Crippen LogP contribution in [0.5, 0.6) is 0 Å². The fourth-order valence-electron chi connectivity index (χ4n) is 1.73.